The highest BCUT2D eigenvalue weighted by Gasteiger charge is 2.25. The predicted octanol–water partition coefficient (Wildman–Crippen LogP) is 5.19. The van der Waals surface area contributed by atoms with Gasteiger partial charge in [0.1, 0.15) is 0 Å². The molecular weight excluding hydrogens is 463 g/mol. The molecule has 1 amide bonds. The summed E-state index contributed by atoms with van der Waals surface area (Å²) in [6, 6.07) is 22.5. The number of aliphatic carboxylic acids is 1. The second-order valence-electron chi connectivity index (χ2n) is 7.14. The van der Waals surface area contributed by atoms with Gasteiger partial charge in [-0.25, -0.2) is 9.67 Å². The molecule has 1 heterocycles. The summed E-state index contributed by atoms with van der Waals surface area (Å²) in [5.41, 5.74) is 1.89. The fraction of sp³-hybridized carbons (Fsp3) is 0.0833. The van der Waals surface area contributed by atoms with Crippen LogP contribution in [0.15, 0.2) is 78.9 Å². The van der Waals surface area contributed by atoms with Gasteiger partial charge in [0, 0.05) is 5.56 Å². The molecule has 33 heavy (non-hydrogen) atoms. The highest BCUT2D eigenvalue weighted by Crippen LogP contribution is 2.31. The lowest BCUT2D eigenvalue weighted by molar-refractivity contribution is -0.137. The highest BCUT2D eigenvalue weighted by atomic mass is 35.5. The fourth-order valence-electron chi connectivity index (χ4n) is 3.36. The normalized spacial score (nSPS) is 11.7. The number of para-hydroxylation sites is 1. The van der Waals surface area contributed by atoms with Gasteiger partial charge in [-0.15, -0.1) is 5.10 Å². The maximum Gasteiger partial charge on any atom is 0.305 e. The number of carboxylic acids is 1. The van der Waals surface area contributed by atoms with E-state index in [0.29, 0.717) is 11.4 Å². The van der Waals surface area contributed by atoms with Crippen LogP contribution in [0, 0.1) is 0 Å². The smallest absolute Gasteiger partial charge is 0.305 e. The van der Waals surface area contributed by atoms with Crippen molar-refractivity contribution in [1.29, 1.82) is 0 Å². The minimum atomic E-state index is -1.11. The Kier molecular flexibility index (Phi) is 6.72. The quantitative estimate of drug-likeness (QED) is 0.379. The average Bonchev–Trinajstić information content (AvgIpc) is 3.27. The molecule has 1 unspecified atom stereocenters. The second kappa shape index (κ2) is 9.85. The molecule has 4 rings (SSSR count). The van der Waals surface area contributed by atoms with Crippen LogP contribution in [-0.4, -0.2) is 31.7 Å². The number of carbonyl (C=O) groups excluding carboxylic acids is 1. The number of benzene rings is 3. The Labute approximate surface area is 199 Å². The summed E-state index contributed by atoms with van der Waals surface area (Å²) in [6.07, 6.45) is -0.392. The van der Waals surface area contributed by atoms with Crippen LogP contribution in [0.2, 0.25) is 10.0 Å². The molecule has 1 aromatic heterocycles. The molecule has 0 bridgehead atoms. The molecule has 4 aromatic rings. The molecular formula is C24H18Cl2N4O3. The number of amides is 1. The summed E-state index contributed by atoms with van der Waals surface area (Å²) < 4.78 is 1.57. The largest absolute Gasteiger partial charge is 0.481 e. The third-order valence-corrected chi connectivity index (χ3v) is 5.72. The van der Waals surface area contributed by atoms with Crippen molar-refractivity contribution >= 4 is 35.1 Å². The summed E-state index contributed by atoms with van der Waals surface area (Å²) in [6.45, 7) is 0. The zero-order chi connectivity index (χ0) is 23.4. The van der Waals surface area contributed by atoms with E-state index < -0.39 is 24.3 Å². The lowest BCUT2D eigenvalue weighted by Crippen LogP contribution is -2.31. The first-order valence-corrected chi connectivity index (χ1v) is 10.7. The van der Waals surface area contributed by atoms with E-state index in [-0.39, 0.29) is 15.9 Å². The minimum Gasteiger partial charge on any atom is -0.481 e. The lowest BCUT2D eigenvalue weighted by Gasteiger charge is -2.18. The van der Waals surface area contributed by atoms with Gasteiger partial charge in [-0.3, -0.25) is 9.59 Å². The third-order valence-electron chi connectivity index (χ3n) is 4.88. The Bertz CT molecular complexity index is 1240. The van der Waals surface area contributed by atoms with Crippen LogP contribution in [-0.2, 0) is 4.79 Å². The standard InChI is InChI=1S/C24H18Cl2N4O3/c25-18-13-7-12-17(21(18)26)19(14-20(31)32)27-24(33)22-28-23(15-8-3-1-4-9-15)30(29-22)16-10-5-2-6-11-16/h1-13,19H,14H2,(H,27,33)(H,31,32). The van der Waals surface area contributed by atoms with E-state index in [4.69, 9.17) is 23.2 Å². The number of carboxylic acid groups (broad SMARTS) is 1. The van der Waals surface area contributed by atoms with Crippen molar-refractivity contribution in [2.24, 2.45) is 0 Å². The number of hydrogen-bond acceptors (Lipinski definition) is 4. The molecule has 166 valence electrons. The summed E-state index contributed by atoms with van der Waals surface area (Å²) in [7, 11) is 0. The van der Waals surface area contributed by atoms with Gasteiger partial charge in [0.2, 0.25) is 5.82 Å². The van der Waals surface area contributed by atoms with Gasteiger partial charge in [-0.2, -0.15) is 0 Å². The number of nitrogens with one attached hydrogen (secondary N) is 1. The molecule has 7 nitrogen and oxygen atoms in total. The van der Waals surface area contributed by atoms with Crippen molar-refractivity contribution < 1.29 is 14.7 Å². The average molecular weight is 481 g/mol. The van der Waals surface area contributed by atoms with Gasteiger partial charge in [0.25, 0.3) is 5.91 Å². The first-order chi connectivity index (χ1) is 15.9. The van der Waals surface area contributed by atoms with E-state index in [1.54, 1.807) is 22.9 Å². The Morgan fingerprint density at radius 2 is 1.61 bits per heavy atom. The maximum absolute atomic E-state index is 13.1. The van der Waals surface area contributed by atoms with Crippen molar-refractivity contribution in [2.45, 2.75) is 12.5 Å². The monoisotopic (exact) mass is 480 g/mol. The minimum absolute atomic E-state index is 0.105. The topological polar surface area (TPSA) is 97.1 Å². The number of hydrogen-bond donors (Lipinski definition) is 2. The van der Waals surface area contributed by atoms with Crippen LogP contribution < -0.4 is 5.32 Å². The molecule has 0 fully saturated rings. The van der Waals surface area contributed by atoms with Crippen LogP contribution in [0.3, 0.4) is 0 Å². The number of halogens is 2. The summed E-state index contributed by atoms with van der Waals surface area (Å²) in [5, 5.41) is 16.9. The molecule has 0 aliphatic heterocycles. The van der Waals surface area contributed by atoms with Gasteiger partial charge in [0.15, 0.2) is 5.82 Å². The molecule has 2 N–H and O–H groups in total. The van der Waals surface area contributed by atoms with E-state index in [2.05, 4.69) is 15.4 Å². The van der Waals surface area contributed by atoms with Crippen molar-refractivity contribution in [2.75, 3.05) is 0 Å². The maximum atomic E-state index is 13.1. The molecule has 9 heteroatoms. The molecule has 0 saturated carbocycles. The zero-order valence-electron chi connectivity index (χ0n) is 17.2. The van der Waals surface area contributed by atoms with Gasteiger partial charge in [-0.05, 0) is 23.8 Å². The third kappa shape index (κ3) is 5.05. The van der Waals surface area contributed by atoms with E-state index in [0.717, 1.165) is 11.3 Å². The highest BCUT2D eigenvalue weighted by molar-refractivity contribution is 6.42. The Morgan fingerprint density at radius 3 is 2.27 bits per heavy atom. The van der Waals surface area contributed by atoms with Gasteiger partial charge < -0.3 is 10.4 Å². The van der Waals surface area contributed by atoms with E-state index in [1.807, 2.05) is 60.7 Å². The van der Waals surface area contributed by atoms with Crippen LogP contribution >= 0.6 is 23.2 Å². The fourth-order valence-corrected chi connectivity index (χ4v) is 3.80. The molecule has 0 saturated heterocycles. The van der Waals surface area contributed by atoms with E-state index in [9.17, 15) is 14.7 Å². The molecule has 1 atom stereocenters. The zero-order valence-corrected chi connectivity index (χ0v) is 18.7. The van der Waals surface area contributed by atoms with E-state index >= 15 is 0 Å². The molecule has 0 radical (unpaired) electrons. The summed E-state index contributed by atoms with van der Waals surface area (Å²) >= 11 is 12.4. The number of nitrogens with zero attached hydrogens (tertiary/aromatic N) is 3. The molecule has 0 aliphatic carbocycles. The van der Waals surface area contributed by atoms with Crippen LogP contribution in [0.25, 0.3) is 17.1 Å². The van der Waals surface area contributed by atoms with Crippen LogP contribution in [0.5, 0.6) is 0 Å². The Balaban J connectivity index is 1.72. The SMILES string of the molecule is O=C(O)CC(NC(=O)c1nc(-c2ccccc2)n(-c2ccccc2)n1)c1cccc(Cl)c1Cl. The van der Waals surface area contributed by atoms with Gasteiger partial charge >= 0.3 is 5.97 Å². The molecule has 3 aromatic carbocycles. The van der Waals surface area contributed by atoms with Crippen molar-refractivity contribution in [3.05, 3.63) is 100 Å². The Hall–Kier alpha value is -3.68. The van der Waals surface area contributed by atoms with Crippen LogP contribution in [0.1, 0.15) is 28.6 Å². The van der Waals surface area contributed by atoms with Crippen LogP contribution in [0.4, 0.5) is 0 Å². The summed E-state index contributed by atoms with van der Waals surface area (Å²) in [5.74, 6) is -1.37. The number of carbonyl (C=O) groups is 2. The summed E-state index contributed by atoms with van der Waals surface area (Å²) in [4.78, 5) is 29.0. The molecule has 0 spiro atoms. The molecule has 0 aliphatic rings. The Morgan fingerprint density at radius 1 is 0.939 bits per heavy atom. The van der Waals surface area contributed by atoms with Crippen molar-refractivity contribution in [3.8, 4) is 17.1 Å². The van der Waals surface area contributed by atoms with Crippen molar-refractivity contribution in [3.63, 3.8) is 0 Å². The first kappa shape index (κ1) is 22.5. The van der Waals surface area contributed by atoms with Crippen molar-refractivity contribution in [1.82, 2.24) is 20.1 Å². The predicted molar refractivity (Wildman–Crippen MR) is 126 cm³/mol. The van der Waals surface area contributed by atoms with E-state index in [1.165, 1.54) is 0 Å². The lowest BCUT2D eigenvalue weighted by atomic mass is 10.0. The second-order valence-corrected chi connectivity index (χ2v) is 7.92. The number of aromatic nitrogens is 3. The van der Waals surface area contributed by atoms with Gasteiger partial charge in [0.05, 0.1) is 28.2 Å². The van der Waals surface area contributed by atoms with Gasteiger partial charge in [-0.1, -0.05) is 83.9 Å². The first-order valence-electron chi connectivity index (χ1n) is 9.98. The number of rotatable bonds is 7.